The number of amides is 2. The molecule has 0 bridgehead atoms. The summed E-state index contributed by atoms with van der Waals surface area (Å²) in [5.41, 5.74) is 4.30. The van der Waals surface area contributed by atoms with E-state index in [1.807, 2.05) is 0 Å². The van der Waals surface area contributed by atoms with Crippen LogP contribution in [0.15, 0.2) is 35.8 Å². The third kappa shape index (κ3) is 3.85. The van der Waals surface area contributed by atoms with Crippen LogP contribution in [0.3, 0.4) is 0 Å². The molecule has 4 heterocycles. The molecule has 2 aromatic rings. The van der Waals surface area contributed by atoms with Crippen LogP contribution in [0.25, 0.3) is 22.6 Å². The number of aliphatic hydroxyl groups excluding tert-OH is 8. The van der Waals surface area contributed by atoms with Crippen molar-refractivity contribution in [2.75, 3.05) is 24.7 Å². The molecule has 5 aliphatic rings. The topological polar surface area (TPSA) is 240 Å². The lowest BCUT2D eigenvalue weighted by Crippen LogP contribution is -2.51. The monoisotopic (exact) mass is 610 g/mol. The number of aromatic amines is 1. The predicted octanol–water partition coefficient (Wildman–Crippen LogP) is -3.45. The summed E-state index contributed by atoms with van der Waals surface area (Å²) in [5, 5.41) is 83.8. The summed E-state index contributed by atoms with van der Waals surface area (Å²) in [6.07, 6.45) is 0.0962. The number of ether oxygens (including phenoxy) is 1. The summed E-state index contributed by atoms with van der Waals surface area (Å²) >= 11 is 0. The lowest BCUT2D eigenvalue weighted by atomic mass is 9.93. The standard InChI is InChI=1S/C29H30N4O11/c34-7-10(8-35)31-33-27(42)20-18-13-3-1-11(37)5-15(13)30-22(18)23-19(21(20)28(33)43)14-4-2-12(38)6-16(14)32(23)29-25(41)24(40)26(44-29)17(39)9-36/h1-2,4-6,10,16-17,24-26,29-31,34-41H,3,7-9H2/t16?,17?,24-,25+,26+,29+/m0/s1. The average Bonchev–Trinajstić information content (AvgIpc) is 3.70. The SMILES string of the molecule is O=C1c2c(c3c4c([nH]c3c3c2=C2C=CC(O)=CC2N3[C@@H]2O[C@H](C(O)CO)[C@@H](O)[C@H]2O)=CC(O)=CC4)C(=O)N1NC(CO)CO. The maximum absolute atomic E-state index is 14.1. The van der Waals surface area contributed by atoms with E-state index >= 15 is 0 Å². The number of nitrogens with one attached hydrogen (secondary N) is 2. The molecule has 3 aliphatic heterocycles. The minimum absolute atomic E-state index is 0.0119. The Bertz CT molecular complexity index is 1820. The first kappa shape index (κ1) is 28.7. The van der Waals surface area contributed by atoms with Gasteiger partial charge in [0.25, 0.3) is 11.8 Å². The van der Waals surface area contributed by atoms with E-state index in [2.05, 4.69) is 10.4 Å². The number of anilines is 1. The zero-order valence-corrected chi connectivity index (χ0v) is 23.0. The number of hydrogen-bond acceptors (Lipinski definition) is 13. The first-order valence-electron chi connectivity index (χ1n) is 14.0. The summed E-state index contributed by atoms with van der Waals surface area (Å²) < 4.78 is 5.97. The number of allylic oxidation sites excluding steroid dienone is 3. The number of hydrogen-bond donors (Lipinski definition) is 10. The van der Waals surface area contributed by atoms with Gasteiger partial charge in [0.05, 0.1) is 54.2 Å². The summed E-state index contributed by atoms with van der Waals surface area (Å²) in [5.74, 6) is -1.68. The number of imide groups is 1. The number of H-pyrrole nitrogens is 1. The molecule has 0 saturated carbocycles. The van der Waals surface area contributed by atoms with Crippen LogP contribution in [0.5, 0.6) is 0 Å². The zero-order valence-electron chi connectivity index (χ0n) is 23.0. The smallest absolute Gasteiger partial charge is 0.276 e. The van der Waals surface area contributed by atoms with Crippen LogP contribution in [0.4, 0.5) is 5.69 Å². The fraction of sp³-hybridized carbons (Fsp3) is 0.379. The second kappa shape index (κ2) is 10.3. The number of carbonyl (C=O) groups excluding carboxylic acids is 2. The van der Waals surface area contributed by atoms with Gasteiger partial charge in [-0.2, -0.15) is 0 Å². The maximum Gasteiger partial charge on any atom is 0.276 e. The number of carbonyl (C=O) groups is 2. The molecule has 0 radical (unpaired) electrons. The highest BCUT2D eigenvalue weighted by molar-refractivity contribution is 6.29. The number of rotatable bonds is 7. The van der Waals surface area contributed by atoms with Crippen LogP contribution in [0.1, 0.15) is 26.3 Å². The molecule has 1 aromatic carbocycles. The van der Waals surface area contributed by atoms with Gasteiger partial charge in [0.1, 0.15) is 35.9 Å². The van der Waals surface area contributed by atoms with E-state index in [-0.39, 0.29) is 40.0 Å². The van der Waals surface area contributed by atoms with E-state index in [4.69, 9.17) is 4.74 Å². The molecule has 10 N–H and O–H groups in total. The van der Waals surface area contributed by atoms with Crippen LogP contribution < -0.4 is 20.9 Å². The summed E-state index contributed by atoms with van der Waals surface area (Å²) in [6, 6.07) is -1.91. The number of nitrogens with zero attached hydrogens (tertiary/aromatic N) is 2. The Labute approximate surface area is 247 Å². The van der Waals surface area contributed by atoms with E-state index < -0.39 is 74.4 Å². The van der Waals surface area contributed by atoms with Crippen molar-refractivity contribution < 1.29 is 55.2 Å². The van der Waals surface area contributed by atoms with Crippen molar-refractivity contribution in [2.24, 2.45) is 0 Å². The van der Waals surface area contributed by atoms with Crippen molar-refractivity contribution in [1.82, 2.24) is 15.4 Å². The molecule has 15 nitrogen and oxygen atoms in total. The zero-order chi connectivity index (χ0) is 31.2. The molecular weight excluding hydrogens is 580 g/mol. The van der Waals surface area contributed by atoms with Gasteiger partial charge in [-0.1, -0.05) is 6.08 Å². The van der Waals surface area contributed by atoms with Crippen molar-refractivity contribution in [2.45, 2.75) is 49.1 Å². The second-order valence-corrected chi connectivity index (χ2v) is 11.3. The lowest BCUT2D eigenvalue weighted by Gasteiger charge is -2.35. The molecule has 44 heavy (non-hydrogen) atoms. The molecule has 6 atom stereocenters. The van der Waals surface area contributed by atoms with Gasteiger partial charge in [-0.05, 0) is 35.8 Å². The maximum atomic E-state index is 14.1. The highest BCUT2D eigenvalue weighted by Crippen LogP contribution is 2.44. The molecule has 7 rings (SSSR count). The number of aromatic nitrogens is 1. The first-order chi connectivity index (χ1) is 21.1. The van der Waals surface area contributed by atoms with E-state index in [0.29, 0.717) is 27.4 Å². The summed E-state index contributed by atoms with van der Waals surface area (Å²) in [6.45, 7) is -1.90. The average molecular weight is 611 g/mol. The minimum atomic E-state index is -1.62. The fourth-order valence-corrected chi connectivity index (χ4v) is 6.78. The summed E-state index contributed by atoms with van der Waals surface area (Å²) in [7, 11) is 0. The molecule has 0 spiro atoms. The van der Waals surface area contributed by atoms with Gasteiger partial charge in [0.2, 0.25) is 0 Å². The Morgan fingerprint density at radius 3 is 2.43 bits per heavy atom. The van der Waals surface area contributed by atoms with Crippen LogP contribution in [0.2, 0.25) is 0 Å². The van der Waals surface area contributed by atoms with Gasteiger partial charge in [-0.15, -0.1) is 0 Å². The van der Waals surface area contributed by atoms with Gasteiger partial charge < -0.3 is 55.5 Å². The Morgan fingerprint density at radius 2 is 1.73 bits per heavy atom. The van der Waals surface area contributed by atoms with E-state index in [1.165, 1.54) is 29.2 Å². The minimum Gasteiger partial charge on any atom is -0.508 e. The highest BCUT2D eigenvalue weighted by atomic mass is 16.6. The molecule has 2 amide bonds. The number of fused-ring (bicyclic) bond motifs is 9. The van der Waals surface area contributed by atoms with Crippen molar-refractivity contribution >= 4 is 40.1 Å². The molecule has 232 valence electrons. The van der Waals surface area contributed by atoms with Crippen molar-refractivity contribution in [3.63, 3.8) is 0 Å². The highest BCUT2D eigenvalue weighted by Gasteiger charge is 2.53. The van der Waals surface area contributed by atoms with Crippen LogP contribution in [0, 0.1) is 0 Å². The van der Waals surface area contributed by atoms with Gasteiger partial charge in [-0.25, -0.2) is 10.4 Å². The van der Waals surface area contributed by atoms with Gasteiger partial charge in [-0.3, -0.25) is 9.59 Å². The molecule has 2 aliphatic carbocycles. The van der Waals surface area contributed by atoms with E-state index in [9.17, 15) is 50.4 Å². The van der Waals surface area contributed by atoms with Crippen LogP contribution in [-0.2, 0) is 11.2 Å². The van der Waals surface area contributed by atoms with Crippen molar-refractivity contribution in [3.05, 3.63) is 63.1 Å². The normalized spacial score (nSPS) is 27.9. The van der Waals surface area contributed by atoms with Crippen molar-refractivity contribution in [3.8, 4) is 0 Å². The number of benzene rings is 1. The van der Waals surface area contributed by atoms with Crippen molar-refractivity contribution in [1.29, 1.82) is 0 Å². The Morgan fingerprint density at radius 1 is 1.00 bits per heavy atom. The molecular formula is C29H30N4O11. The molecule has 15 heteroatoms. The van der Waals surface area contributed by atoms with Crippen LogP contribution in [-0.4, -0.2) is 125 Å². The Hall–Kier alpha value is -4.06. The van der Waals surface area contributed by atoms with Gasteiger partial charge in [0.15, 0.2) is 6.23 Å². The predicted molar refractivity (Wildman–Crippen MR) is 151 cm³/mol. The third-order valence-corrected chi connectivity index (χ3v) is 8.80. The van der Waals surface area contributed by atoms with E-state index in [1.54, 1.807) is 6.08 Å². The van der Waals surface area contributed by atoms with Gasteiger partial charge >= 0.3 is 0 Å². The lowest BCUT2D eigenvalue weighted by molar-refractivity contribution is -0.0815. The fourth-order valence-electron chi connectivity index (χ4n) is 6.78. The molecule has 1 saturated heterocycles. The van der Waals surface area contributed by atoms with E-state index in [0.717, 1.165) is 5.01 Å². The largest absolute Gasteiger partial charge is 0.508 e. The number of hydrazine groups is 1. The molecule has 1 aromatic heterocycles. The second-order valence-electron chi connectivity index (χ2n) is 11.3. The first-order valence-corrected chi connectivity index (χ1v) is 14.0. The van der Waals surface area contributed by atoms with Gasteiger partial charge in [0, 0.05) is 22.0 Å². The summed E-state index contributed by atoms with van der Waals surface area (Å²) in [4.78, 5) is 32.9. The molecule has 2 unspecified atom stereocenters. The third-order valence-electron chi connectivity index (χ3n) is 8.80. The number of aliphatic hydroxyl groups is 8. The Kier molecular flexibility index (Phi) is 6.69. The quantitative estimate of drug-likeness (QED) is 0.137. The molecule has 1 fully saturated rings. The Balaban J connectivity index is 1.54. The van der Waals surface area contributed by atoms with Crippen LogP contribution >= 0.6 is 0 Å².